The van der Waals surface area contributed by atoms with Crippen LogP contribution in [0.3, 0.4) is 0 Å². The van der Waals surface area contributed by atoms with Crippen molar-refractivity contribution < 1.29 is 42.6 Å². The third-order valence-electron chi connectivity index (χ3n) is 5.19. The summed E-state index contributed by atoms with van der Waals surface area (Å²) in [6, 6.07) is 10.1. The summed E-state index contributed by atoms with van der Waals surface area (Å²) in [6.45, 7) is 14.6. The Bertz CT molecular complexity index is 562. The van der Waals surface area contributed by atoms with E-state index in [1.165, 1.54) is 0 Å². The minimum absolute atomic E-state index is 0.532. The van der Waals surface area contributed by atoms with Crippen LogP contribution >= 0.6 is 0 Å². The molecule has 0 aliphatic heterocycles. The van der Waals surface area contributed by atoms with Crippen LogP contribution in [0.2, 0.25) is 0 Å². The predicted octanol–water partition coefficient (Wildman–Crippen LogP) is 3.38. The van der Waals surface area contributed by atoms with Gasteiger partial charge in [-0.2, -0.15) is 0 Å². The second-order valence-electron chi connectivity index (χ2n) is 8.41. The van der Waals surface area contributed by atoms with Crippen LogP contribution in [-0.4, -0.2) is 112 Å². The molecule has 1 aromatic rings. The van der Waals surface area contributed by atoms with Crippen molar-refractivity contribution in [2.24, 2.45) is 5.92 Å². The van der Waals surface area contributed by atoms with E-state index in [2.05, 4.69) is 13.8 Å². The molecule has 0 spiro atoms. The molecule has 0 bridgehead atoms. The van der Waals surface area contributed by atoms with Gasteiger partial charge in [0.15, 0.2) is 0 Å². The standard InChI is InChI=1S/C28H50O9/c1-3-27(2)25-36-23-21-34-19-17-32-15-13-30-11-9-29-10-12-31-14-16-33-18-20-35-22-24-37-26-28-7-5-4-6-8-28/h4-8,27H,3,9-26H2,1-2H3. The summed E-state index contributed by atoms with van der Waals surface area (Å²) < 4.78 is 49.4. The third kappa shape index (κ3) is 24.9. The van der Waals surface area contributed by atoms with Crippen LogP contribution in [0, 0.1) is 5.92 Å². The Kier molecular flexibility index (Phi) is 25.5. The summed E-state index contributed by atoms with van der Waals surface area (Å²) in [5, 5.41) is 0. The lowest BCUT2D eigenvalue weighted by molar-refractivity contribution is -0.0258. The van der Waals surface area contributed by atoms with E-state index >= 15 is 0 Å². The lowest BCUT2D eigenvalue weighted by Gasteiger charge is -2.10. The number of ether oxygens (including phenoxy) is 9. The van der Waals surface area contributed by atoms with E-state index in [-0.39, 0.29) is 0 Å². The zero-order chi connectivity index (χ0) is 26.5. The summed E-state index contributed by atoms with van der Waals surface area (Å²) in [5.74, 6) is 0.603. The maximum atomic E-state index is 5.56. The molecule has 1 rings (SSSR count). The van der Waals surface area contributed by atoms with Gasteiger partial charge in [0.25, 0.3) is 0 Å². The highest BCUT2D eigenvalue weighted by atomic mass is 16.6. The second-order valence-corrected chi connectivity index (χ2v) is 8.41. The van der Waals surface area contributed by atoms with Crippen LogP contribution in [-0.2, 0) is 49.2 Å². The zero-order valence-corrected chi connectivity index (χ0v) is 23.1. The van der Waals surface area contributed by atoms with E-state index in [9.17, 15) is 0 Å². The first-order valence-electron chi connectivity index (χ1n) is 13.6. The van der Waals surface area contributed by atoms with E-state index in [4.69, 9.17) is 42.6 Å². The van der Waals surface area contributed by atoms with Gasteiger partial charge >= 0.3 is 0 Å². The largest absolute Gasteiger partial charge is 0.379 e. The van der Waals surface area contributed by atoms with Crippen LogP contribution in [0.5, 0.6) is 0 Å². The SMILES string of the molecule is CCC(C)COCCOCCOCCOCCOCCOCCOCCOCCOCc1ccccc1. The molecule has 0 saturated heterocycles. The minimum atomic E-state index is 0.532. The molecule has 0 fully saturated rings. The summed E-state index contributed by atoms with van der Waals surface area (Å²) >= 11 is 0. The normalized spacial score (nSPS) is 12.3. The predicted molar refractivity (Wildman–Crippen MR) is 142 cm³/mol. The van der Waals surface area contributed by atoms with Gasteiger partial charge in [-0.25, -0.2) is 0 Å². The molecular weight excluding hydrogens is 480 g/mol. The first-order valence-corrected chi connectivity index (χ1v) is 13.6. The van der Waals surface area contributed by atoms with Crippen molar-refractivity contribution in [3.05, 3.63) is 35.9 Å². The monoisotopic (exact) mass is 530 g/mol. The molecule has 0 radical (unpaired) electrons. The average Bonchev–Trinajstić information content (AvgIpc) is 2.93. The van der Waals surface area contributed by atoms with Crippen molar-refractivity contribution in [3.8, 4) is 0 Å². The zero-order valence-electron chi connectivity index (χ0n) is 23.1. The van der Waals surface area contributed by atoms with Crippen LogP contribution in [0.15, 0.2) is 30.3 Å². The molecule has 0 N–H and O–H groups in total. The lowest BCUT2D eigenvalue weighted by Crippen LogP contribution is -2.15. The van der Waals surface area contributed by atoms with Crippen molar-refractivity contribution in [2.45, 2.75) is 26.9 Å². The van der Waals surface area contributed by atoms with Gasteiger partial charge in [0.1, 0.15) is 0 Å². The number of benzene rings is 1. The first kappa shape index (κ1) is 33.9. The Hall–Kier alpha value is -1.14. The molecule has 1 atom stereocenters. The summed E-state index contributed by atoms with van der Waals surface area (Å²) in [7, 11) is 0. The van der Waals surface area contributed by atoms with Gasteiger partial charge < -0.3 is 42.6 Å². The van der Waals surface area contributed by atoms with Crippen LogP contribution in [0.1, 0.15) is 25.8 Å². The third-order valence-corrected chi connectivity index (χ3v) is 5.19. The molecule has 0 aliphatic carbocycles. The van der Waals surface area contributed by atoms with Crippen molar-refractivity contribution >= 4 is 0 Å². The highest BCUT2D eigenvalue weighted by molar-refractivity contribution is 5.13. The molecule has 0 saturated carbocycles. The number of hydrogen-bond acceptors (Lipinski definition) is 9. The molecule has 0 amide bonds. The molecule has 1 aromatic carbocycles. The molecule has 1 unspecified atom stereocenters. The van der Waals surface area contributed by atoms with Gasteiger partial charge in [0.05, 0.1) is 112 Å². The van der Waals surface area contributed by atoms with Gasteiger partial charge in [-0.1, -0.05) is 50.6 Å². The molecule has 0 aliphatic rings. The second kappa shape index (κ2) is 27.9. The van der Waals surface area contributed by atoms with Gasteiger partial charge in [-0.05, 0) is 11.5 Å². The molecular formula is C28H50O9. The van der Waals surface area contributed by atoms with Crippen molar-refractivity contribution in [3.63, 3.8) is 0 Å². The average molecular weight is 531 g/mol. The summed E-state index contributed by atoms with van der Waals surface area (Å²) in [5.41, 5.74) is 1.16. The Balaban J connectivity index is 1.64. The highest BCUT2D eigenvalue weighted by Gasteiger charge is 1.98. The quantitative estimate of drug-likeness (QED) is 0.145. The number of hydrogen-bond donors (Lipinski definition) is 0. The van der Waals surface area contributed by atoms with E-state index in [0.717, 1.165) is 18.6 Å². The Labute approximate surface area is 223 Å². The van der Waals surface area contributed by atoms with Crippen molar-refractivity contribution in [1.82, 2.24) is 0 Å². The van der Waals surface area contributed by atoms with Crippen molar-refractivity contribution in [1.29, 1.82) is 0 Å². The first-order chi connectivity index (χ1) is 18.3. The number of rotatable bonds is 29. The maximum absolute atomic E-state index is 5.56. The lowest BCUT2D eigenvalue weighted by atomic mass is 10.1. The smallest absolute Gasteiger partial charge is 0.0718 e. The fourth-order valence-electron chi connectivity index (χ4n) is 2.82. The highest BCUT2D eigenvalue weighted by Crippen LogP contribution is 2.00. The molecule has 9 nitrogen and oxygen atoms in total. The van der Waals surface area contributed by atoms with E-state index in [1.54, 1.807) is 0 Å². The van der Waals surface area contributed by atoms with E-state index in [1.807, 2.05) is 30.3 Å². The van der Waals surface area contributed by atoms with E-state index < -0.39 is 0 Å². The van der Waals surface area contributed by atoms with Gasteiger partial charge in [0, 0.05) is 6.61 Å². The minimum Gasteiger partial charge on any atom is -0.379 e. The maximum Gasteiger partial charge on any atom is 0.0718 e. The molecule has 0 aromatic heterocycles. The Morgan fingerprint density at radius 3 is 1.14 bits per heavy atom. The molecule has 37 heavy (non-hydrogen) atoms. The van der Waals surface area contributed by atoms with Gasteiger partial charge in [-0.15, -0.1) is 0 Å². The summed E-state index contributed by atoms with van der Waals surface area (Å²) in [4.78, 5) is 0. The van der Waals surface area contributed by atoms with Crippen LogP contribution < -0.4 is 0 Å². The Morgan fingerprint density at radius 1 is 0.459 bits per heavy atom. The fraction of sp³-hybridized carbons (Fsp3) is 0.786. The molecule has 9 heteroatoms. The van der Waals surface area contributed by atoms with Gasteiger partial charge in [-0.3, -0.25) is 0 Å². The molecule has 216 valence electrons. The molecule has 0 heterocycles. The van der Waals surface area contributed by atoms with Crippen LogP contribution in [0.25, 0.3) is 0 Å². The van der Waals surface area contributed by atoms with Crippen LogP contribution in [0.4, 0.5) is 0 Å². The fourth-order valence-corrected chi connectivity index (χ4v) is 2.82. The Morgan fingerprint density at radius 2 is 0.784 bits per heavy atom. The van der Waals surface area contributed by atoms with E-state index in [0.29, 0.717) is 118 Å². The van der Waals surface area contributed by atoms with Crippen molar-refractivity contribution in [2.75, 3.05) is 112 Å². The summed E-state index contributed by atoms with van der Waals surface area (Å²) in [6.07, 6.45) is 1.14. The topological polar surface area (TPSA) is 83.1 Å². The van der Waals surface area contributed by atoms with Gasteiger partial charge in [0.2, 0.25) is 0 Å².